The van der Waals surface area contributed by atoms with Crippen LogP contribution >= 0.6 is 0 Å². The molecule has 1 aromatic heterocycles. The van der Waals surface area contributed by atoms with Crippen LogP contribution in [0.25, 0.3) is 11.4 Å². The molecule has 4 heteroatoms. The number of nitrogens with zero attached hydrogens (tertiary/aromatic N) is 2. The SMILES string of the molecule is CNc1nc(-c2ccccc2OC)nc(C)c1C(C)C. The number of para-hydroxylation sites is 1. The van der Waals surface area contributed by atoms with Gasteiger partial charge in [0.1, 0.15) is 11.6 Å². The Balaban J connectivity index is 2.62. The molecule has 0 radical (unpaired) electrons. The van der Waals surface area contributed by atoms with Crippen LogP contribution in [0.2, 0.25) is 0 Å². The summed E-state index contributed by atoms with van der Waals surface area (Å²) in [6, 6.07) is 7.80. The monoisotopic (exact) mass is 271 g/mol. The lowest BCUT2D eigenvalue weighted by molar-refractivity contribution is 0.416. The minimum Gasteiger partial charge on any atom is -0.496 e. The Kier molecular flexibility index (Phi) is 4.23. The van der Waals surface area contributed by atoms with E-state index in [1.54, 1.807) is 7.11 Å². The van der Waals surface area contributed by atoms with Gasteiger partial charge in [0, 0.05) is 18.3 Å². The van der Waals surface area contributed by atoms with E-state index in [4.69, 9.17) is 4.74 Å². The zero-order valence-electron chi connectivity index (χ0n) is 12.7. The Hall–Kier alpha value is -2.10. The van der Waals surface area contributed by atoms with Crippen molar-refractivity contribution in [1.29, 1.82) is 0 Å². The number of anilines is 1. The van der Waals surface area contributed by atoms with Gasteiger partial charge in [0.15, 0.2) is 5.82 Å². The lowest BCUT2D eigenvalue weighted by Gasteiger charge is -2.16. The minimum absolute atomic E-state index is 0.379. The van der Waals surface area contributed by atoms with E-state index in [0.717, 1.165) is 28.4 Å². The van der Waals surface area contributed by atoms with Crippen LogP contribution in [0.15, 0.2) is 24.3 Å². The van der Waals surface area contributed by atoms with Crippen LogP contribution in [0.4, 0.5) is 5.82 Å². The number of aromatic nitrogens is 2. The highest BCUT2D eigenvalue weighted by atomic mass is 16.5. The lowest BCUT2D eigenvalue weighted by Crippen LogP contribution is -2.07. The second kappa shape index (κ2) is 5.90. The molecule has 1 heterocycles. The van der Waals surface area contributed by atoms with Gasteiger partial charge in [-0.05, 0) is 25.0 Å². The van der Waals surface area contributed by atoms with Crippen LogP contribution in [0, 0.1) is 6.92 Å². The first-order valence-electron chi connectivity index (χ1n) is 6.78. The van der Waals surface area contributed by atoms with Gasteiger partial charge in [0.05, 0.1) is 12.7 Å². The summed E-state index contributed by atoms with van der Waals surface area (Å²) in [5, 5.41) is 3.17. The molecule has 0 fully saturated rings. The largest absolute Gasteiger partial charge is 0.496 e. The van der Waals surface area contributed by atoms with E-state index in [0.29, 0.717) is 11.7 Å². The standard InChI is InChI=1S/C16H21N3O/c1-10(2)14-11(3)18-15(19-16(14)17-4)12-8-6-7-9-13(12)20-5/h6-10H,1-5H3,(H,17,18,19). The van der Waals surface area contributed by atoms with E-state index in [1.807, 2.05) is 38.2 Å². The Morgan fingerprint density at radius 3 is 2.45 bits per heavy atom. The van der Waals surface area contributed by atoms with E-state index in [1.165, 1.54) is 0 Å². The molecule has 1 N–H and O–H groups in total. The molecule has 0 saturated heterocycles. The van der Waals surface area contributed by atoms with Gasteiger partial charge in [0.2, 0.25) is 0 Å². The average molecular weight is 271 g/mol. The molecule has 0 amide bonds. The van der Waals surface area contributed by atoms with E-state index >= 15 is 0 Å². The predicted octanol–water partition coefficient (Wildman–Crippen LogP) is 3.63. The first-order valence-corrected chi connectivity index (χ1v) is 6.78. The third-order valence-corrected chi connectivity index (χ3v) is 3.30. The van der Waals surface area contributed by atoms with Gasteiger partial charge in [-0.15, -0.1) is 0 Å². The molecule has 0 bridgehead atoms. The Morgan fingerprint density at radius 1 is 1.15 bits per heavy atom. The van der Waals surface area contributed by atoms with Crippen molar-refractivity contribution in [2.24, 2.45) is 0 Å². The Morgan fingerprint density at radius 2 is 1.85 bits per heavy atom. The first-order chi connectivity index (χ1) is 9.58. The molecule has 0 saturated carbocycles. The van der Waals surface area contributed by atoms with E-state index in [-0.39, 0.29) is 0 Å². The first kappa shape index (κ1) is 14.3. The molecule has 1 aromatic carbocycles. The van der Waals surface area contributed by atoms with Crippen molar-refractivity contribution in [1.82, 2.24) is 9.97 Å². The quantitative estimate of drug-likeness (QED) is 0.922. The molecule has 0 atom stereocenters. The van der Waals surface area contributed by atoms with E-state index in [2.05, 4.69) is 29.1 Å². The summed E-state index contributed by atoms with van der Waals surface area (Å²) < 4.78 is 5.39. The van der Waals surface area contributed by atoms with Gasteiger partial charge in [-0.25, -0.2) is 9.97 Å². The predicted molar refractivity (Wildman–Crippen MR) is 82.4 cm³/mol. The maximum absolute atomic E-state index is 5.39. The van der Waals surface area contributed by atoms with Crippen molar-refractivity contribution in [3.05, 3.63) is 35.5 Å². The summed E-state index contributed by atoms with van der Waals surface area (Å²) in [6.07, 6.45) is 0. The number of hydrogen-bond donors (Lipinski definition) is 1. The van der Waals surface area contributed by atoms with Crippen LogP contribution in [0.3, 0.4) is 0 Å². The second-order valence-electron chi connectivity index (χ2n) is 5.00. The van der Waals surface area contributed by atoms with Crippen molar-refractivity contribution in [3.63, 3.8) is 0 Å². The summed E-state index contributed by atoms with van der Waals surface area (Å²) in [7, 11) is 3.55. The Bertz CT molecular complexity index is 609. The van der Waals surface area contributed by atoms with E-state index < -0.39 is 0 Å². The maximum Gasteiger partial charge on any atom is 0.165 e. The molecule has 4 nitrogen and oxygen atoms in total. The van der Waals surface area contributed by atoms with Crippen LogP contribution < -0.4 is 10.1 Å². The average Bonchev–Trinajstić information content (AvgIpc) is 2.45. The van der Waals surface area contributed by atoms with Crippen LogP contribution in [-0.2, 0) is 0 Å². The molecule has 0 spiro atoms. The molecular weight excluding hydrogens is 250 g/mol. The van der Waals surface area contributed by atoms with Gasteiger partial charge in [-0.1, -0.05) is 26.0 Å². The summed E-state index contributed by atoms with van der Waals surface area (Å²) in [4.78, 5) is 9.30. The topological polar surface area (TPSA) is 47.0 Å². The highest BCUT2D eigenvalue weighted by Crippen LogP contribution is 2.31. The normalized spacial score (nSPS) is 10.7. The summed E-state index contributed by atoms with van der Waals surface area (Å²) >= 11 is 0. The van der Waals surface area contributed by atoms with Crippen LogP contribution in [-0.4, -0.2) is 24.1 Å². The van der Waals surface area contributed by atoms with Crippen LogP contribution in [0.5, 0.6) is 5.75 Å². The number of hydrogen-bond acceptors (Lipinski definition) is 4. The third kappa shape index (κ3) is 2.59. The fourth-order valence-corrected chi connectivity index (χ4v) is 2.41. The smallest absolute Gasteiger partial charge is 0.165 e. The van der Waals surface area contributed by atoms with Crippen molar-refractivity contribution in [2.45, 2.75) is 26.7 Å². The molecule has 2 aromatic rings. The fraction of sp³-hybridized carbons (Fsp3) is 0.375. The minimum atomic E-state index is 0.379. The maximum atomic E-state index is 5.39. The molecule has 106 valence electrons. The lowest BCUT2D eigenvalue weighted by atomic mass is 10.0. The summed E-state index contributed by atoms with van der Waals surface area (Å²) in [5.41, 5.74) is 3.07. The fourth-order valence-electron chi connectivity index (χ4n) is 2.41. The summed E-state index contributed by atoms with van der Waals surface area (Å²) in [5.74, 6) is 2.73. The number of ether oxygens (including phenoxy) is 1. The number of nitrogens with one attached hydrogen (secondary N) is 1. The van der Waals surface area contributed by atoms with Gasteiger partial charge >= 0.3 is 0 Å². The zero-order chi connectivity index (χ0) is 14.7. The molecule has 0 aliphatic heterocycles. The highest BCUT2D eigenvalue weighted by molar-refractivity contribution is 5.66. The zero-order valence-corrected chi connectivity index (χ0v) is 12.7. The molecular formula is C16H21N3O. The Labute approximate surface area is 120 Å². The van der Waals surface area contributed by atoms with Gasteiger partial charge in [-0.3, -0.25) is 0 Å². The number of methoxy groups -OCH3 is 1. The number of aryl methyl sites for hydroxylation is 1. The van der Waals surface area contributed by atoms with E-state index in [9.17, 15) is 0 Å². The highest BCUT2D eigenvalue weighted by Gasteiger charge is 2.16. The van der Waals surface area contributed by atoms with Crippen molar-refractivity contribution in [3.8, 4) is 17.1 Å². The van der Waals surface area contributed by atoms with Gasteiger partial charge in [-0.2, -0.15) is 0 Å². The number of rotatable bonds is 4. The van der Waals surface area contributed by atoms with Gasteiger partial charge in [0.25, 0.3) is 0 Å². The molecule has 20 heavy (non-hydrogen) atoms. The van der Waals surface area contributed by atoms with Crippen molar-refractivity contribution in [2.75, 3.05) is 19.5 Å². The molecule has 0 unspecified atom stereocenters. The molecule has 0 aliphatic rings. The molecule has 2 rings (SSSR count). The number of benzene rings is 1. The van der Waals surface area contributed by atoms with Crippen molar-refractivity contribution >= 4 is 5.82 Å². The summed E-state index contributed by atoms with van der Waals surface area (Å²) in [6.45, 7) is 6.32. The van der Waals surface area contributed by atoms with Crippen molar-refractivity contribution < 1.29 is 4.74 Å². The second-order valence-corrected chi connectivity index (χ2v) is 5.00. The third-order valence-electron chi connectivity index (χ3n) is 3.30. The van der Waals surface area contributed by atoms with Crippen LogP contribution in [0.1, 0.15) is 31.0 Å². The molecule has 0 aliphatic carbocycles. The van der Waals surface area contributed by atoms with Gasteiger partial charge < -0.3 is 10.1 Å².